The number of hydrogen-bond donors (Lipinski definition) is 0. The van der Waals surface area contributed by atoms with Gasteiger partial charge in [-0.15, -0.1) is 0 Å². The summed E-state index contributed by atoms with van der Waals surface area (Å²) in [6.07, 6.45) is 15.4. The fourth-order valence-corrected chi connectivity index (χ4v) is 13.5. The van der Waals surface area contributed by atoms with Gasteiger partial charge in [0, 0.05) is 44.5 Å². The van der Waals surface area contributed by atoms with Crippen molar-refractivity contribution >= 4 is 38.9 Å². The van der Waals surface area contributed by atoms with Crippen molar-refractivity contribution in [3.8, 4) is 16.8 Å². The summed E-state index contributed by atoms with van der Waals surface area (Å²) in [5.41, 5.74) is 16.4. The molecule has 5 fully saturated rings. The molecule has 4 bridgehead atoms. The number of rotatable bonds is 6. The lowest BCUT2D eigenvalue weighted by atomic mass is 9.48. The van der Waals surface area contributed by atoms with Crippen molar-refractivity contribution in [2.75, 3.05) is 4.90 Å². The molecule has 1 aromatic heterocycles. The first-order valence-electron chi connectivity index (χ1n) is 22.2. The van der Waals surface area contributed by atoms with Crippen LogP contribution in [0.3, 0.4) is 0 Å². The number of fused-ring (bicyclic) bond motifs is 7. The minimum absolute atomic E-state index is 0.161. The number of anilines is 3. The van der Waals surface area contributed by atoms with Gasteiger partial charge in [0.25, 0.3) is 0 Å². The summed E-state index contributed by atoms with van der Waals surface area (Å²) < 4.78 is 2.51. The third-order valence-corrected chi connectivity index (χ3v) is 15.7. The second-order valence-corrected chi connectivity index (χ2v) is 19.4. The van der Waals surface area contributed by atoms with Crippen molar-refractivity contribution in [2.24, 2.45) is 17.8 Å². The zero-order valence-corrected chi connectivity index (χ0v) is 33.7. The summed E-state index contributed by atoms with van der Waals surface area (Å²) in [6, 6.07) is 51.7. The van der Waals surface area contributed by atoms with E-state index in [4.69, 9.17) is 0 Å². The highest BCUT2D eigenvalue weighted by Crippen LogP contribution is 2.61. The molecule has 2 nitrogen and oxygen atoms in total. The highest BCUT2D eigenvalue weighted by Gasteiger charge is 2.51. The molecule has 13 rings (SSSR count). The average Bonchev–Trinajstić information content (AvgIpc) is 3.70. The van der Waals surface area contributed by atoms with Crippen LogP contribution in [-0.4, -0.2) is 4.57 Å². The molecule has 1 heterocycles. The molecular weight excluding hydrogens is 689 g/mol. The molecule has 0 atom stereocenters. The van der Waals surface area contributed by atoms with Gasteiger partial charge in [0.15, 0.2) is 0 Å². The third-order valence-electron chi connectivity index (χ3n) is 15.7. The van der Waals surface area contributed by atoms with Crippen LogP contribution >= 0.6 is 0 Å². The molecule has 0 N–H and O–H groups in total. The van der Waals surface area contributed by atoms with Gasteiger partial charge in [-0.2, -0.15) is 0 Å². The van der Waals surface area contributed by atoms with Crippen molar-refractivity contribution < 1.29 is 0 Å². The maximum absolute atomic E-state index is 2.55. The van der Waals surface area contributed by atoms with Gasteiger partial charge in [-0.25, -0.2) is 0 Å². The van der Waals surface area contributed by atoms with Crippen molar-refractivity contribution in [2.45, 2.75) is 101 Å². The van der Waals surface area contributed by atoms with E-state index in [1.165, 1.54) is 143 Å². The highest BCUT2D eigenvalue weighted by molar-refractivity contribution is 6.15. The third kappa shape index (κ3) is 5.21. The summed E-state index contributed by atoms with van der Waals surface area (Å²) in [5, 5.41) is 2.63. The highest BCUT2D eigenvalue weighted by atomic mass is 15.1. The molecule has 6 aromatic carbocycles. The smallest absolute Gasteiger partial charge is 0.0622 e. The van der Waals surface area contributed by atoms with Crippen LogP contribution in [0.25, 0.3) is 38.6 Å². The van der Waals surface area contributed by atoms with E-state index < -0.39 is 0 Å². The number of hydrogen-bond acceptors (Lipinski definition) is 1. The first-order chi connectivity index (χ1) is 27.9. The quantitative estimate of drug-likeness (QED) is 0.165. The monoisotopic (exact) mass is 742 g/mol. The van der Waals surface area contributed by atoms with Gasteiger partial charge < -0.3 is 9.47 Å². The molecule has 0 radical (unpaired) electrons. The van der Waals surface area contributed by atoms with E-state index in [9.17, 15) is 0 Å². The molecule has 0 unspecified atom stereocenters. The van der Waals surface area contributed by atoms with E-state index in [0.29, 0.717) is 11.3 Å². The van der Waals surface area contributed by atoms with Crippen molar-refractivity contribution in [3.05, 3.63) is 156 Å². The van der Waals surface area contributed by atoms with Crippen LogP contribution in [-0.2, 0) is 10.8 Å². The molecular formula is C55H54N2. The minimum atomic E-state index is -0.161. The van der Waals surface area contributed by atoms with E-state index in [0.717, 1.165) is 17.8 Å². The van der Waals surface area contributed by atoms with Gasteiger partial charge in [0.05, 0.1) is 11.0 Å². The molecule has 5 saturated carbocycles. The standard InChI is InChI=1S/C55H54N2/c1-54(2)49-28-27-47-46-15-9-10-16-51(46)57(42-13-7-4-8-14-42)53(47)52(49)48-26-25-45(32-50(48)54)56(43-21-17-40(18-22-43)39-11-5-3-6-12-39)44-23-19-41(20-24-44)55-33-36-29-37(34-55)31-38(30-36)35-55/h4,7-10,13-28,32,36-39H,3,5-6,11-12,29-31,33-35H2,1-2H3. The zero-order valence-electron chi connectivity index (χ0n) is 33.7. The molecule has 0 aliphatic heterocycles. The summed E-state index contributed by atoms with van der Waals surface area (Å²) in [5.74, 6) is 3.54. The second-order valence-electron chi connectivity index (χ2n) is 19.4. The van der Waals surface area contributed by atoms with Gasteiger partial charge in [-0.3, -0.25) is 0 Å². The molecule has 6 aliphatic carbocycles. The van der Waals surface area contributed by atoms with E-state index in [1.54, 1.807) is 5.56 Å². The lowest BCUT2D eigenvalue weighted by molar-refractivity contribution is -0.00518. The molecule has 6 aliphatic rings. The Balaban J connectivity index is 0.999. The Bertz CT molecular complexity index is 2620. The Labute approximate surface area is 338 Å². The van der Waals surface area contributed by atoms with Crippen LogP contribution in [0.1, 0.15) is 113 Å². The molecule has 7 aromatic rings. The van der Waals surface area contributed by atoms with Crippen molar-refractivity contribution in [1.29, 1.82) is 0 Å². The van der Waals surface area contributed by atoms with Gasteiger partial charge in [0.2, 0.25) is 0 Å². The Hall–Kier alpha value is -5.08. The maximum Gasteiger partial charge on any atom is 0.0622 e. The summed E-state index contributed by atoms with van der Waals surface area (Å²) >= 11 is 0. The molecule has 0 saturated heterocycles. The van der Waals surface area contributed by atoms with E-state index in [1.807, 2.05) is 0 Å². The predicted molar refractivity (Wildman–Crippen MR) is 239 cm³/mol. The Morgan fingerprint density at radius 3 is 1.89 bits per heavy atom. The van der Waals surface area contributed by atoms with Crippen LogP contribution in [0.5, 0.6) is 0 Å². The van der Waals surface area contributed by atoms with Crippen LogP contribution in [0, 0.1) is 17.8 Å². The molecule has 0 amide bonds. The predicted octanol–water partition coefficient (Wildman–Crippen LogP) is 15.1. The molecule has 2 heteroatoms. The van der Waals surface area contributed by atoms with Crippen LogP contribution in [0.2, 0.25) is 0 Å². The van der Waals surface area contributed by atoms with Gasteiger partial charge in [0.1, 0.15) is 0 Å². The Morgan fingerprint density at radius 1 is 0.561 bits per heavy atom. The Morgan fingerprint density at radius 2 is 1.19 bits per heavy atom. The Kier molecular flexibility index (Phi) is 7.58. The van der Waals surface area contributed by atoms with Crippen molar-refractivity contribution in [1.82, 2.24) is 4.57 Å². The van der Waals surface area contributed by atoms with Gasteiger partial charge in [-0.1, -0.05) is 112 Å². The van der Waals surface area contributed by atoms with Gasteiger partial charge >= 0.3 is 0 Å². The van der Waals surface area contributed by atoms with Crippen molar-refractivity contribution in [3.63, 3.8) is 0 Å². The molecule has 57 heavy (non-hydrogen) atoms. The maximum atomic E-state index is 2.55. The summed E-state index contributed by atoms with van der Waals surface area (Å²) in [4.78, 5) is 2.55. The number of benzene rings is 6. The summed E-state index contributed by atoms with van der Waals surface area (Å²) in [7, 11) is 0. The molecule has 0 spiro atoms. The number of para-hydroxylation sites is 2. The largest absolute Gasteiger partial charge is 0.310 e. The normalized spacial score (nSPS) is 24.6. The lowest BCUT2D eigenvalue weighted by Gasteiger charge is -2.57. The van der Waals surface area contributed by atoms with Crippen LogP contribution < -0.4 is 4.90 Å². The number of nitrogens with zero attached hydrogens (tertiary/aromatic N) is 2. The van der Waals surface area contributed by atoms with E-state index >= 15 is 0 Å². The van der Waals surface area contributed by atoms with Crippen LogP contribution in [0.4, 0.5) is 17.1 Å². The first kappa shape index (κ1) is 34.0. The average molecular weight is 743 g/mol. The zero-order chi connectivity index (χ0) is 37.9. The first-order valence-corrected chi connectivity index (χ1v) is 22.2. The SMILES string of the molecule is CC1(C)c2cc(N(c3ccc(C4CCCCC4)cc3)c3ccc(C45CC6CC(CC(C6)C4)C5)cc3)ccc2-c2c1ccc1c3ccccc3n(-c3ccccc3)c21. The van der Waals surface area contributed by atoms with Crippen LogP contribution in [0.15, 0.2) is 133 Å². The number of aromatic nitrogens is 1. The minimum Gasteiger partial charge on any atom is -0.310 e. The van der Waals surface area contributed by atoms with E-state index in [2.05, 4.69) is 157 Å². The van der Waals surface area contributed by atoms with E-state index in [-0.39, 0.29) is 5.41 Å². The molecule has 284 valence electrons. The fraction of sp³-hybridized carbons (Fsp3) is 0.345. The van der Waals surface area contributed by atoms with Gasteiger partial charge in [-0.05, 0) is 163 Å². The second kappa shape index (κ2) is 12.7. The lowest BCUT2D eigenvalue weighted by Crippen LogP contribution is -2.48. The fourth-order valence-electron chi connectivity index (χ4n) is 13.5. The topological polar surface area (TPSA) is 8.17 Å². The summed E-state index contributed by atoms with van der Waals surface area (Å²) in [6.45, 7) is 4.87.